The van der Waals surface area contributed by atoms with Crippen LogP contribution in [-0.4, -0.2) is 29.5 Å². The van der Waals surface area contributed by atoms with Crippen molar-refractivity contribution in [3.05, 3.63) is 22.7 Å². The first-order valence-electron chi connectivity index (χ1n) is 5.76. The van der Waals surface area contributed by atoms with Gasteiger partial charge in [-0.15, -0.1) is 0 Å². The van der Waals surface area contributed by atoms with Crippen LogP contribution in [0.3, 0.4) is 0 Å². The summed E-state index contributed by atoms with van der Waals surface area (Å²) < 4.78 is 10.7. The van der Waals surface area contributed by atoms with Crippen molar-refractivity contribution in [3.8, 4) is 0 Å². The molecule has 0 saturated carbocycles. The molecule has 5 nitrogen and oxygen atoms in total. The Morgan fingerprint density at radius 3 is 3.16 bits per heavy atom. The number of fused-ring (bicyclic) bond motifs is 1. The molecule has 1 amide bonds. The lowest BCUT2D eigenvalue weighted by Crippen LogP contribution is -2.16. The second kappa shape index (κ2) is 4.94. The van der Waals surface area contributed by atoms with E-state index in [4.69, 9.17) is 20.8 Å². The van der Waals surface area contributed by atoms with Crippen molar-refractivity contribution in [2.24, 2.45) is 0 Å². The molecule has 0 spiro atoms. The predicted molar refractivity (Wildman–Crippen MR) is 72.8 cm³/mol. The summed E-state index contributed by atoms with van der Waals surface area (Å²) >= 11 is 7.40. The zero-order valence-electron chi connectivity index (χ0n) is 10.1. The molecule has 1 fully saturated rings. The van der Waals surface area contributed by atoms with Crippen LogP contribution in [0.15, 0.2) is 21.8 Å². The fourth-order valence-electron chi connectivity index (χ4n) is 1.89. The molecule has 1 aliphatic heterocycles. The number of alkyl carbamates (subject to hydrolysis) is 1. The van der Waals surface area contributed by atoms with Gasteiger partial charge in [0.1, 0.15) is 11.6 Å². The predicted octanol–water partition coefficient (Wildman–Crippen LogP) is 2.99. The molecule has 0 unspecified atom stereocenters. The van der Waals surface area contributed by atoms with E-state index in [1.807, 2.05) is 13.0 Å². The average Bonchev–Trinajstić information content (AvgIpc) is 2.92. The van der Waals surface area contributed by atoms with Crippen LogP contribution in [0.4, 0.5) is 4.79 Å². The SMILES string of the molecule is Cc1cc(Cl)cc2nc(SC[C@H]3CNC(=O)O3)oc12. The maximum absolute atomic E-state index is 10.9. The molecule has 1 N–H and O–H groups in total. The van der Waals surface area contributed by atoms with Gasteiger partial charge in [0.25, 0.3) is 5.22 Å². The van der Waals surface area contributed by atoms with E-state index in [0.717, 1.165) is 16.7 Å². The molecule has 3 rings (SSSR count). The molecule has 1 atom stereocenters. The zero-order chi connectivity index (χ0) is 13.4. The van der Waals surface area contributed by atoms with E-state index in [9.17, 15) is 4.79 Å². The van der Waals surface area contributed by atoms with E-state index in [1.54, 1.807) is 6.07 Å². The molecule has 1 aromatic carbocycles. The first kappa shape index (κ1) is 12.6. The number of ether oxygens (including phenoxy) is 1. The number of hydrogen-bond acceptors (Lipinski definition) is 5. The van der Waals surface area contributed by atoms with Crippen LogP contribution in [0.1, 0.15) is 5.56 Å². The molecule has 7 heteroatoms. The number of thioether (sulfide) groups is 1. The molecule has 0 aliphatic carbocycles. The highest BCUT2D eigenvalue weighted by atomic mass is 35.5. The number of aryl methyl sites for hydroxylation is 1. The number of hydrogen-bond donors (Lipinski definition) is 1. The average molecular weight is 299 g/mol. The highest BCUT2D eigenvalue weighted by Gasteiger charge is 2.23. The minimum atomic E-state index is -0.370. The Hall–Kier alpha value is -1.40. The van der Waals surface area contributed by atoms with Crippen LogP contribution in [0.25, 0.3) is 11.1 Å². The van der Waals surface area contributed by atoms with E-state index < -0.39 is 0 Å². The highest BCUT2D eigenvalue weighted by molar-refractivity contribution is 7.99. The highest BCUT2D eigenvalue weighted by Crippen LogP contribution is 2.29. The van der Waals surface area contributed by atoms with Crippen molar-refractivity contribution in [1.82, 2.24) is 10.3 Å². The van der Waals surface area contributed by atoms with Crippen molar-refractivity contribution in [2.75, 3.05) is 12.3 Å². The number of carbonyl (C=O) groups excluding carboxylic acids is 1. The number of cyclic esters (lactones) is 1. The van der Waals surface area contributed by atoms with Gasteiger partial charge in [0, 0.05) is 10.8 Å². The first-order valence-corrected chi connectivity index (χ1v) is 7.12. The van der Waals surface area contributed by atoms with Crippen LogP contribution < -0.4 is 5.32 Å². The number of aromatic nitrogens is 1. The quantitative estimate of drug-likeness (QED) is 0.883. The number of halogens is 1. The third-order valence-corrected chi connectivity index (χ3v) is 3.94. The smallest absolute Gasteiger partial charge is 0.407 e. The second-order valence-corrected chi connectivity index (χ2v) is 5.68. The number of oxazole rings is 1. The monoisotopic (exact) mass is 298 g/mol. The minimum Gasteiger partial charge on any atom is -0.443 e. The summed E-state index contributed by atoms with van der Waals surface area (Å²) in [6.07, 6.45) is -0.511. The van der Waals surface area contributed by atoms with Crippen LogP contribution in [0, 0.1) is 6.92 Å². The van der Waals surface area contributed by atoms with Gasteiger partial charge in [-0.05, 0) is 24.6 Å². The summed E-state index contributed by atoms with van der Waals surface area (Å²) in [6.45, 7) is 2.45. The molecule has 1 aliphatic rings. The van der Waals surface area contributed by atoms with Gasteiger partial charge < -0.3 is 14.5 Å². The Morgan fingerprint density at radius 1 is 1.58 bits per heavy atom. The number of rotatable bonds is 3. The van der Waals surface area contributed by atoms with Gasteiger partial charge >= 0.3 is 6.09 Å². The van der Waals surface area contributed by atoms with Crippen molar-refractivity contribution < 1.29 is 13.9 Å². The van der Waals surface area contributed by atoms with Gasteiger partial charge in [0.15, 0.2) is 5.58 Å². The third kappa shape index (κ3) is 2.64. The Balaban J connectivity index is 1.75. The summed E-state index contributed by atoms with van der Waals surface area (Å²) in [5, 5.41) is 3.81. The molecular weight excluding hydrogens is 288 g/mol. The van der Waals surface area contributed by atoms with E-state index in [-0.39, 0.29) is 12.2 Å². The number of nitrogens with zero attached hydrogens (tertiary/aromatic N) is 1. The number of amides is 1. The van der Waals surface area contributed by atoms with Crippen molar-refractivity contribution in [1.29, 1.82) is 0 Å². The van der Waals surface area contributed by atoms with E-state index in [1.165, 1.54) is 11.8 Å². The molecular formula is C12H11ClN2O3S. The van der Waals surface area contributed by atoms with Gasteiger partial charge in [0.05, 0.1) is 6.54 Å². The van der Waals surface area contributed by atoms with Gasteiger partial charge in [-0.25, -0.2) is 9.78 Å². The lowest BCUT2D eigenvalue weighted by molar-refractivity contribution is 0.150. The summed E-state index contributed by atoms with van der Waals surface area (Å²) in [5.41, 5.74) is 2.44. The maximum Gasteiger partial charge on any atom is 0.407 e. The van der Waals surface area contributed by atoms with Crippen molar-refractivity contribution in [3.63, 3.8) is 0 Å². The number of nitrogens with one attached hydrogen (secondary N) is 1. The fourth-order valence-corrected chi connectivity index (χ4v) is 2.97. The molecule has 0 radical (unpaired) electrons. The van der Waals surface area contributed by atoms with Gasteiger partial charge in [-0.2, -0.15) is 0 Å². The van der Waals surface area contributed by atoms with E-state index in [2.05, 4.69) is 10.3 Å². The molecule has 0 bridgehead atoms. The van der Waals surface area contributed by atoms with Crippen LogP contribution in [-0.2, 0) is 4.74 Å². The number of benzene rings is 1. The summed E-state index contributed by atoms with van der Waals surface area (Å²) in [7, 11) is 0. The Morgan fingerprint density at radius 2 is 2.42 bits per heavy atom. The molecule has 100 valence electrons. The van der Waals surface area contributed by atoms with E-state index >= 15 is 0 Å². The van der Waals surface area contributed by atoms with Crippen molar-refractivity contribution in [2.45, 2.75) is 18.3 Å². The fraction of sp³-hybridized carbons (Fsp3) is 0.333. The Bertz CT molecular complexity index is 643. The van der Waals surface area contributed by atoms with Gasteiger partial charge in [-0.1, -0.05) is 23.4 Å². The lowest BCUT2D eigenvalue weighted by atomic mass is 10.2. The molecule has 1 aromatic heterocycles. The van der Waals surface area contributed by atoms with Crippen molar-refractivity contribution >= 4 is 40.6 Å². The van der Waals surface area contributed by atoms with Gasteiger partial charge in [0.2, 0.25) is 0 Å². The third-order valence-electron chi connectivity index (χ3n) is 2.76. The van der Waals surface area contributed by atoms with Gasteiger partial charge in [-0.3, -0.25) is 0 Å². The Kier molecular flexibility index (Phi) is 3.28. The topological polar surface area (TPSA) is 64.4 Å². The molecule has 2 aromatic rings. The summed E-state index contributed by atoms with van der Waals surface area (Å²) in [6, 6.07) is 3.61. The molecule has 19 heavy (non-hydrogen) atoms. The normalized spacial score (nSPS) is 18.6. The largest absolute Gasteiger partial charge is 0.443 e. The Labute approximate surface area is 118 Å². The molecule has 1 saturated heterocycles. The molecule has 2 heterocycles. The van der Waals surface area contributed by atoms with E-state index in [0.29, 0.717) is 22.5 Å². The van der Waals surface area contributed by atoms with Crippen LogP contribution in [0.5, 0.6) is 0 Å². The zero-order valence-corrected chi connectivity index (χ0v) is 11.7. The number of carbonyl (C=O) groups is 1. The summed E-state index contributed by atoms with van der Waals surface area (Å²) in [5.74, 6) is 0.609. The summed E-state index contributed by atoms with van der Waals surface area (Å²) in [4.78, 5) is 15.3. The standard InChI is InChI=1S/C12H11ClN2O3S/c1-6-2-7(13)3-9-10(6)18-12(15-9)19-5-8-4-14-11(16)17-8/h2-3,8H,4-5H2,1H3,(H,14,16)/t8-/m1/s1. The maximum atomic E-state index is 10.9. The minimum absolute atomic E-state index is 0.141. The first-order chi connectivity index (χ1) is 9.11. The van der Waals surface area contributed by atoms with Crippen LogP contribution in [0.2, 0.25) is 5.02 Å². The van der Waals surface area contributed by atoms with Crippen LogP contribution >= 0.6 is 23.4 Å². The second-order valence-electron chi connectivity index (χ2n) is 4.27. The lowest BCUT2D eigenvalue weighted by Gasteiger charge is -2.03.